The van der Waals surface area contributed by atoms with Gasteiger partial charge in [0.05, 0.1) is 23.2 Å². The maximum absolute atomic E-state index is 13.6. The van der Waals surface area contributed by atoms with E-state index in [4.69, 9.17) is 13.9 Å². The van der Waals surface area contributed by atoms with Gasteiger partial charge in [0.25, 0.3) is 6.01 Å². The lowest BCUT2D eigenvalue weighted by Crippen LogP contribution is -2.56. The Bertz CT molecular complexity index is 1350. The minimum absolute atomic E-state index is 0.0722. The zero-order valence-corrected chi connectivity index (χ0v) is 23.4. The van der Waals surface area contributed by atoms with E-state index in [0.29, 0.717) is 23.7 Å². The number of fused-ring (bicyclic) bond motifs is 3. The molecule has 1 amide bonds. The lowest BCUT2D eigenvalue weighted by Gasteiger charge is -2.40. The molecule has 212 valence electrons. The molecule has 2 aliphatic rings. The highest BCUT2D eigenvalue weighted by atomic mass is 32.1. The van der Waals surface area contributed by atoms with Gasteiger partial charge in [0.15, 0.2) is 16.8 Å². The smallest absolute Gasteiger partial charge is 0.444 e. The van der Waals surface area contributed by atoms with Crippen LogP contribution in [0.3, 0.4) is 0 Å². The van der Waals surface area contributed by atoms with E-state index in [1.54, 1.807) is 36.4 Å². The molecular weight excluding hydrogens is 537 g/mol. The van der Waals surface area contributed by atoms with E-state index in [9.17, 15) is 18.0 Å². The van der Waals surface area contributed by atoms with Gasteiger partial charge in [-0.3, -0.25) is 4.90 Å². The molecule has 2 atom stereocenters. The lowest BCUT2D eigenvalue weighted by molar-refractivity contribution is -0.274. The van der Waals surface area contributed by atoms with Gasteiger partial charge in [0.2, 0.25) is 0 Å². The number of piperazine rings is 1. The van der Waals surface area contributed by atoms with Crippen LogP contribution in [0.2, 0.25) is 0 Å². The molecule has 5 rings (SSSR count). The number of carbonyl (C=O) groups excluding carboxylic acids is 1. The first-order valence-corrected chi connectivity index (χ1v) is 13.5. The summed E-state index contributed by atoms with van der Waals surface area (Å²) >= 11 is 1.33. The molecule has 2 fully saturated rings. The number of oxazole rings is 1. The van der Waals surface area contributed by atoms with Crippen molar-refractivity contribution < 1.29 is 36.6 Å². The average molecular weight is 569 g/mol. The number of halogens is 3. The number of hydrogen-bond donors (Lipinski definition) is 0. The van der Waals surface area contributed by atoms with Gasteiger partial charge >= 0.3 is 12.5 Å². The fourth-order valence-corrected chi connectivity index (χ4v) is 5.80. The summed E-state index contributed by atoms with van der Waals surface area (Å²) in [5, 5.41) is 2.33. The van der Waals surface area contributed by atoms with Crippen molar-refractivity contribution in [3.8, 4) is 16.3 Å². The fraction of sp³-hybridized carbons (Fsp3) is 0.577. The third-order valence-electron chi connectivity index (χ3n) is 7.01. The quantitative estimate of drug-likeness (QED) is 0.353. The summed E-state index contributed by atoms with van der Waals surface area (Å²) in [6.07, 6.45) is -2.17. The molecule has 2 bridgehead atoms. The van der Waals surface area contributed by atoms with Crippen molar-refractivity contribution in [2.45, 2.75) is 77.1 Å². The summed E-state index contributed by atoms with van der Waals surface area (Å²) in [6.45, 7) is 9.57. The van der Waals surface area contributed by atoms with Gasteiger partial charge in [-0.2, -0.15) is 4.98 Å². The Balaban J connectivity index is 1.59. The topological polar surface area (TPSA) is 90.2 Å². The molecule has 4 heterocycles. The highest BCUT2D eigenvalue weighted by molar-refractivity contribution is 7.13. The molecule has 2 aromatic heterocycles. The molecular formula is C26H31F3N4O5S. The summed E-state index contributed by atoms with van der Waals surface area (Å²) in [5.74, 6) is -0.477. The predicted octanol–water partition coefficient (Wildman–Crippen LogP) is 6.32. The van der Waals surface area contributed by atoms with E-state index in [-0.39, 0.29) is 40.9 Å². The van der Waals surface area contributed by atoms with Crippen LogP contribution in [0.1, 0.15) is 53.0 Å². The first-order valence-electron chi connectivity index (χ1n) is 12.6. The number of nitrogens with zero attached hydrogens (tertiary/aromatic N) is 4. The van der Waals surface area contributed by atoms with Crippen molar-refractivity contribution in [3.05, 3.63) is 23.2 Å². The number of anilines is 1. The Morgan fingerprint density at radius 3 is 2.33 bits per heavy atom. The number of thiazole rings is 1. The van der Waals surface area contributed by atoms with Gasteiger partial charge in [0.1, 0.15) is 10.6 Å². The van der Waals surface area contributed by atoms with Crippen LogP contribution in [0.25, 0.3) is 21.7 Å². The monoisotopic (exact) mass is 568 g/mol. The van der Waals surface area contributed by atoms with Crippen molar-refractivity contribution in [1.29, 1.82) is 0 Å². The zero-order chi connectivity index (χ0) is 28.3. The van der Waals surface area contributed by atoms with Crippen molar-refractivity contribution in [3.63, 3.8) is 0 Å². The Labute approximate surface area is 227 Å². The number of amides is 1. The van der Waals surface area contributed by atoms with Crippen LogP contribution in [0.4, 0.5) is 24.0 Å². The fourth-order valence-electron chi connectivity index (χ4n) is 5.15. The second-order valence-electron chi connectivity index (χ2n) is 11.3. The summed E-state index contributed by atoms with van der Waals surface area (Å²) in [5.41, 5.74) is -1.05. The van der Waals surface area contributed by atoms with Crippen LogP contribution in [-0.4, -0.2) is 65.2 Å². The highest BCUT2D eigenvalue weighted by Gasteiger charge is 2.46. The number of aromatic nitrogens is 2. The Morgan fingerprint density at radius 2 is 1.79 bits per heavy atom. The van der Waals surface area contributed by atoms with Crippen LogP contribution in [0.5, 0.6) is 5.75 Å². The second-order valence-corrected chi connectivity index (χ2v) is 12.1. The summed E-state index contributed by atoms with van der Waals surface area (Å²) in [6, 6.07) is 1.44. The van der Waals surface area contributed by atoms with Gasteiger partial charge in [-0.15, -0.1) is 24.5 Å². The largest absolute Gasteiger partial charge is 0.573 e. The van der Waals surface area contributed by atoms with E-state index in [1.807, 2.05) is 25.7 Å². The molecule has 0 radical (unpaired) electrons. The summed E-state index contributed by atoms with van der Waals surface area (Å²) < 4.78 is 62.8. The van der Waals surface area contributed by atoms with Crippen LogP contribution >= 0.6 is 11.3 Å². The first-order chi connectivity index (χ1) is 18.2. The van der Waals surface area contributed by atoms with E-state index >= 15 is 0 Å². The van der Waals surface area contributed by atoms with E-state index in [1.165, 1.54) is 18.4 Å². The molecule has 2 aliphatic heterocycles. The molecule has 9 nitrogen and oxygen atoms in total. The Kier molecular flexibility index (Phi) is 6.73. The molecule has 1 aromatic carbocycles. The van der Waals surface area contributed by atoms with Crippen LogP contribution in [0.15, 0.2) is 22.1 Å². The molecule has 0 aliphatic carbocycles. The number of hydrogen-bond acceptors (Lipinski definition) is 9. The van der Waals surface area contributed by atoms with E-state index in [0.717, 1.165) is 12.8 Å². The standard InChI is InChI=1S/C26H31F3N4O5S/c1-24(2,3)38-23(34)33-14-7-8-15(33)13-32(12-14)22-31-18-19(36-22)16(21-30-9-10-39-21)11-17(25(4,5)35-6)20(18)37-26(27,28)29/h9-11,14-15H,7-8,12-13H2,1-6H3. The summed E-state index contributed by atoms with van der Waals surface area (Å²) in [7, 11) is 1.42. The van der Waals surface area contributed by atoms with Crippen molar-refractivity contribution >= 4 is 34.5 Å². The number of carbonyl (C=O) groups is 1. The highest BCUT2D eigenvalue weighted by Crippen LogP contribution is 2.46. The van der Waals surface area contributed by atoms with Gasteiger partial charge < -0.3 is 23.5 Å². The molecule has 2 saturated heterocycles. The predicted molar refractivity (Wildman–Crippen MR) is 139 cm³/mol. The lowest BCUT2D eigenvalue weighted by atomic mass is 9.94. The molecule has 3 aromatic rings. The molecule has 0 saturated carbocycles. The second kappa shape index (κ2) is 9.54. The third kappa shape index (κ3) is 5.38. The summed E-state index contributed by atoms with van der Waals surface area (Å²) in [4.78, 5) is 25.4. The molecule has 0 N–H and O–H groups in total. The SMILES string of the molecule is COC(C)(C)c1cc(-c2nccs2)c2oc(N3CC4CCC(C3)N4C(=O)OC(C)(C)C)nc2c1OC(F)(F)F. The minimum Gasteiger partial charge on any atom is -0.444 e. The maximum atomic E-state index is 13.6. The van der Waals surface area contributed by atoms with Gasteiger partial charge in [-0.1, -0.05) is 0 Å². The number of benzene rings is 1. The average Bonchev–Trinajstić information content (AvgIpc) is 3.55. The van der Waals surface area contributed by atoms with Crippen LogP contribution < -0.4 is 9.64 Å². The number of ether oxygens (including phenoxy) is 3. The molecule has 0 spiro atoms. The van der Waals surface area contributed by atoms with E-state index in [2.05, 4.69) is 14.7 Å². The van der Waals surface area contributed by atoms with Gasteiger partial charge in [-0.25, -0.2) is 9.78 Å². The molecule has 13 heteroatoms. The zero-order valence-electron chi connectivity index (χ0n) is 22.6. The number of alkyl halides is 3. The molecule has 39 heavy (non-hydrogen) atoms. The van der Waals surface area contributed by atoms with Crippen LogP contribution in [-0.2, 0) is 15.1 Å². The van der Waals surface area contributed by atoms with Crippen molar-refractivity contribution in [2.24, 2.45) is 0 Å². The maximum Gasteiger partial charge on any atom is 0.573 e. The van der Waals surface area contributed by atoms with Crippen molar-refractivity contribution in [1.82, 2.24) is 14.9 Å². The number of rotatable bonds is 5. The first kappa shape index (κ1) is 27.5. The van der Waals surface area contributed by atoms with Crippen LogP contribution in [0, 0.1) is 0 Å². The third-order valence-corrected chi connectivity index (χ3v) is 7.81. The Hall–Kier alpha value is -3.06. The van der Waals surface area contributed by atoms with Crippen molar-refractivity contribution in [2.75, 3.05) is 25.1 Å². The Morgan fingerprint density at radius 1 is 1.13 bits per heavy atom. The molecule has 2 unspecified atom stereocenters. The minimum atomic E-state index is -4.97. The van der Waals surface area contributed by atoms with Gasteiger partial charge in [0, 0.05) is 37.3 Å². The van der Waals surface area contributed by atoms with Gasteiger partial charge in [-0.05, 0) is 53.5 Å². The number of methoxy groups -OCH3 is 1. The van der Waals surface area contributed by atoms with E-state index < -0.39 is 23.3 Å². The normalized spacial score (nSPS) is 20.1.